The van der Waals surface area contributed by atoms with Crippen molar-refractivity contribution in [3.63, 3.8) is 0 Å². The van der Waals surface area contributed by atoms with E-state index in [9.17, 15) is 0 Å². The molecular formula is C98H99BN4. The molecular weight excluding hydrogens is 1240 g/mol. The molecule has 0 amide bonds. The highest BCUT2D eigenvalue weighted by Crippen LogP contribution is 2.51. The first-order valence-corrected chi connectivity index (χ1v) is 38.3. The smallest absolute Gasteiger partial charge is 0.252 e. The summed E-state index contributed by atoms with van der Waals surface area (Å²) in [7, 11) is 0. The van der Waals surface area contributed by atoms with Crippen LogP contribution in [0.4, 0.5) is 34.1 Å². The second-order valence-corrected chi connectivity index (χ2v) is 34.4. The summed E-state index contributed by atoms with van der Waals surface area (Å²) in [6.07, 6.45) is 12.4. The van der Waals surface area contributed by atoms with E-state index < -0.39 is 0 Å². The molecule has 5 heteroatoms. The Bertz CT molecular complexity index is 4650. The molecule has 2 aliphatic carbocycles. The number of aromatic nitrogens is 2. The molecule has 0 bridgehead atoms. The molecule has 514 valence electrons. The molecule has 0 spiro atoms. The van der Waals surface area contributed by atoms with Gasteiger partial charge in [-0.05, 0) is 244 Å². The van der Waals surface area contributed by atoms with Crippen LogP contribution in [-0.2, 0) is 21.7 Å². The summed E-state index contributed by atoms with van der Waals surface area (Å²) in [5.41, 5.74) is 32.8. The quantitative estimate of drug-likeness (QED) is 0.121. The van der Waals surface area contributed by atoms with Crippen molar-refractivity contribution in [3.05, 3.63) is 282 Å². The molecule has 0 atom stereocenters. The molecule has 0 N–H and O–H groups in total. The van der Waals surface area contributed by atoms with Crippen LogP contribution in [0.2, 0.25) is 0 Å². The minimum atomic E-state index is -0.139. The molecule has 103 heavy (non-hydrogen) atoms. The Kier molecular flexibility index (Phi) is 17.6. The average Bonchev–Trinajstić information content (AvgIpc) is 0.692. The standard InChI is InChI=1S/C98H99BN4/c1-95(2,3)79-49-76(50-80(61-79)96(4,5)6)87-63-88(101-94(100-87)78-51-81(97(7,8)9)62-82(52-78)98(10,11)12)77-59-91-93-92(60-77)103(84-55-74(68-39-27-17-28-40-68)48-75(56-84)69-41-29-18-30-42-69)90-58-71(65-33-21-14-22-34-65)44-46-86(90)99(93)85-45-43-70(64-31-19-13-20-32-64)57-89(85)102(91)83-53-72(66-35-23-15-24-36-66)47-73(54-83)67-37-25-16-26-38-67/h15-18,23-30,35-65H,13-14,19-22,31-34H2,1-12H3. The van der Waals surface area contributed by atoms with Crippen molar-refractivity contribution >= 4 is 57.2 Å². The third-order valence-electron chi connectivity index (χ3n) is 23.0. The van der Waals surface area contributed by atoms with Gasteiger partial charge < -0.3 is 9.80 Å². The van der Waals surface area contributed by atoms with Crippen LogP contribution in [-0.4, -0.2) is 16.7 Å². The molecule has 2 saturated carbocycles. The summed E-state index contributed by atoms with van der Waals surface area (Å²) in [4.78, 5) is 17.3. The Labute approximate surface area is 614 Å². The highest BCUT2D eigenvalue weighted by molar-refractivity contribution is 7.00. The van der Waals surface area contributed by atoms with Crippen molar-refractivity contribution in [2.45, 2.75) is 181 Å². The van der Waals surface area contributed by atoms with Gasteiger partial charge >= 0.3 is 0 Å². The van der Waals surface area contributed by atoms with Crippen LogP contribution in [0.1, 0.15) is 193 Å². The summed E-state index contributed by atoms with van der Waals surface area (Å²) in [5, 5.41) is 0. The summed E-state index contributed by atoms with van der Waals surface area (Å²) in [6.45, 7) is 27.9. The van der Waals surface area contributed by atoms with E-state index in [2.05, 4.69) is 342 Å². The van der Waals surface area contributed by atoms with Crippen molar-refractivity contribution < 1.29 is 0 Å². The number of rotatable bonds is 11. The summed E-state index contributed by atoms with van der Waals surface area (Å²) in [5.74, 6) is 1.68. The number of hydrogen-bond acceptors (Lipinski definition) is 4. The Morgan fingerprint density at radius 3 is 0.932 bits per heavy atom. The van der Waals surface area contributed by atoms with E-state index >= 15 is 0 Å². The fourth-order valence-corrected chi connectivity index (χ4v) is 16.9. The topological polar surface area (TPSA) is 32.3 Å². The molecule has 12 aromatic rings. The van der Waals surface area contributed by atoms with E-state index in [-0.39, 0.29) is 28.4 Å². The average molecular weight is 1340 g/mol. The van der Waals surface area contributed by atoms with Crippen LogP contribution >= 0.6 is 0 Å². The first kappa shape index (κ1) is 67.6. The van der Waals surface area contributed by atoms with Gasteiger partial charge in [0.1, 0.15) is 0 Å². The molecule has 16 rings (SSSR count). The molecule has 2 aliphatic heterocycles. The first-order valence-electron chi connectivity index (χ1n) is 38.3. The Hall–Kier alpha value is -9.84. The van der Waals surface area contributed by atoms with Crippen molar-refractivity contribution in [1.29, 1.82) is 0 Å². The monoisotopic (exact) mass is 1340 g/mol. The van der Waals surface area contributed by atoms with Crippen molar-refractivity contribution in [1.82, 2.24) is 9.97 Å². The van der Waals surface area contributed by atoms with Crippen molar-refractivity contribution in [2.75, 3.05) is 9.80 Å². The van der Waals surface area contributed by atoms with Gasteiger partial charge in [-0.2, -0.15) is 0 Å². The molecule has 4 aliphatic rings. The molecule has 0 radical (unpaired) electrons. The first-order chi connectivity index (χ1) is 49.5. The van der Waals surface area contributed by atoms with Gasteiger partial charge in [-0.15, -0.1) is 0 Å². The molecule has 3 heterocycles. The van der Waals surface area contributed by atoms with E-state index in [4.69, 9.17) is 9.97 Å². The van der Waals surface area contributed by atoms with Crippen LogP contribution in [0.3, 0.4) is 0 Å². The van der Waals surface area contributed by atoms with Gasteiger partial charge in [0.05, 0.1) is 11.4 Å². The normalized spacial score (nSPS) is 15.0. The molecule has 4 nitrogen and oxygen atoms in total. The molecule has 11 aromatic carbocycles. The van der Waals surface area contributed by atoms with Crippen LogP contribution in [0, 0.1) is 0 Å². The largest absolute Gasteiger partial charge is 0.311 e. The number of nitrogens with zero attached hydrogens (tertiary/aromatic N) is 4. The van der Waals surface area contributed by atoms with Crippen LogP contribution < -0.4 is 26.2 Å². The van der Waals surface area contributed by atoms with Gasteiger partial charge in [0.25, 0.3) is 6.71 Å². The zero-order valence-electron chi connectivity index (χ0n) is 62.8. The maximum atomic E-state index is 6.05. The van der Waals surface area contributed by atoms with Crippen LogP contribution in [0.15, 0.2) is 249 Å². The predicted octanol–water partition coefficient (Wildman–Crippen LogP) is 25.5. The highest BCUT2D eigenvalue weighted by atomic mass is 15.2. The zero-order valence-corrected chi connectivity index (χ0v) is 62.8. The maximum absolute atomic E-state index is 6.05. The minimum absolute atomic E-state index is 0.113. The minimum Gasteiger partial charge on any atom is -0.311 e. The van der Waals surface area contributed by atoms with Gasteiger partial charge in [-0.25, -0.2) is 9.97 Å². The lowest BCUT2D eigenvalue weighted by molar-refractivity contribution is 0.444. The Morgan fingerprint density at radius 2 is 0.602 bits per heavy atom. The van der Waals surface area contributed by atoms with E-state index in [1.807, 2.05) is 0 Å². The fraction of sp³-hybridized carbons (Fsp3) is 0.286. The van der Waals surface area contributed by atoms with E-state index in [1.165, 1.54) is 170 Å². The third kappa shape index (κ3) is 13.4. The SMILES string of the molecule is CC(C)(C)c1cc(-c2cc(-c3cc4c5c(c3)N(c3cc(-c6ccccc6)cc(-c6ccccc6)c3)c3cc(C6CCCCC6)ccc3B5c3ccc(C5CCCCC5)cc3N4c3cc(-c4ccccc4)cc(-c4ccccc4)c3)nc(-c3cc(C(C)(C)C)cc(C(C)(C)C)c3)n2)cc(C(C)(C)C)c1. The van der Waals surface area contributed by atoms with Crippen molar-refractivity contribution in [2.24, 2.45) is 0 Å². The highest BCUT2D eigenvalue weighted by Gasteiger charge is 2.45. The third-order valence-corrected chi connectivity index (χ3v) is 23.0. The predicted molar refractivity (Wildman–Crippen MR) is 441 cm³/mol. The maximum Gasteiger partial charge on any atom is 0.252 e. The van der Waals surface area contributed by atoms with Gasteiger partial charge in [0, 0.05) is 50.8 Å². The number of fused-ring (bicyclic) bond motifs is 4. The summed E-state index contributed by atoms with van der Waals surface area (Å²) in [6, 6.07) is 96.2. The van der Waals surface area contributed by atoms with Gasteiger partial charge in [0.2, 0.25) is 0 Å². The Balaban J connectivity index is 1.06. The van der Waals surface area contributed by atoms with Gasteiger partial charge in [0.15, 0.2) is 5.82 Å². The number of anilines is 6. The van der Waals surface area contributed by atoms with Crippen LogP contribution in [0.25, 0.3) is 78.4 Å². The zero-order chi connectivity index (χ0) is 71.1. The lowest BCUT2D eigenvalue weighted by Crippen LogP contribution is -2.61. The van der Waals surface area contributed by atoms with Crippen molar-refractivity contribution in [3.8, 4) is 78.4 Å². The molecule has 0 saturated heterocycles. The van der Waals surface area contributed by atoms with E-state index in [0.717, 1.165) is 56.7 Å². The Morgan fingerprint density at radius 1 is 0.282 bits per heavy atom. The van der Waals surface area contributed by atoms with E-state index in [0.29, 0.717) is 11.8 Å². The number of benzene rings is 11. The lowest BCUT2D eigenvalue weighted by Gasteiger charge is -2.45. The fourth-order valence-electron chi connectivity index (χ4n) is 16.9. The summed E-state index contributed by atoms with van der Waals surface area (Å²) >= 11 is 0. The second kappa shape index (κ2) is 26.8. The molecule has 0 unspecified atom stereocenters. The van der Waals surface area contributed by atoms with Gasteiger partial charge in [-0.3, -0.25) is 0 Å². The van der Waals surface area contributed by atoms with E-state index in [1.54, 1.807) is 0 Å². The molecule has 2 fully saturated rings. The summed E-state index contributed by atoms with van der Waals surface area (Å²) < 4.78 is 0. The second-order valence-electron chi connectivity index (χ2n) is 34.4. The lowest BCUT2D eigenvalue weighted by atomic mass is 9.33. The van der Waals surface area contributed by atoms with Gasteiger partial charge in [-0.1, -0.05) is 279 Å². The number of hydrogen-bond donors (Lipinski definition) is 0. The van der Waals surface area contributed by atoms with Crippen LogP contribution in [0.5, 0.6) is 0 Å². The molecule has 1 aromatic heterocycles.